The van der Waals surface area contributed by atoms with E-state index in [1.807, 2.05) is 0 Å². The Kier molecular flexibility index (Phi) is 3.24. The zero-order chi connectivity index (χ0) is 9.90. The van der Waals surface area contributed by atoms with Crippen LogP contribution in [0.25, 0.3) is 0 Å². The third-order valence-electron chi connectivity index (χ3n) is 2.35. The van der Waals surface area contributed by atoms with Crippen LogP contribution in [0.15, 0.2) is 0 Å². The van der Waals surface area contributed by atoms with Gasteiger partial charge in [-0.2, -0.15) is 0 Å². The molecule has 5 heteroatoms. The van der Waals surface area contributed by atoms with E-state index in [9.17, 15) is 4.79 Å². The predicted octanol–water partition coefficient (Wildman–Crippen LogP) is -0.373. The van der Waals surface area contributed by atoms with Gasteiger partial charge in [0, 0.05) is 26.6 Å². The minimum absolute atomic E-state index is 0.0822. The molecule has 0 aromatic carbocycles. The first kappa shape index (κ1) is 10.4. The van der Waals surface area contributed by atoms with Crippen LogP contribution < -0.4 is 0 Å². The number of carbonyl (C=O) groups is 1. The highest BCUT2D eigenvalue weighted by Crippen LogP contribution is 2.27. The van der Waals surface area contributed by atoms with Gasteiger partial charge in [0.25, 0.3) is 0 Å². The SMILES string of the molecule is COC1(CC(O)C(=O)O)CCOC1. The monoisotopic (exact) mass is 190 g/mol. The molecule has 76 valence electrons. The predicted molar refractivity (Wildman–Crippen MR) is 43.4 cm³/mol. The molecule has 2 atom stereocenters. The van der Waals surface area contributed by atoms with Crippen LogP contribution in [0.4, 0.5) is 0 Å². The zero-order valence-corrected chi connectivity index (χ0v) is 7.52. The van der Waals surface area contributed by atoms with E-state index < -0.39 is 17.7 Å². The molecule has 0 aromatic heterocycles. The van der Waals surface area contributed by atoms with Gasteiger partial charge in [-0.05, 0) is 0 Å². The molecule has 5 nitrogen and oxygen atoms in total. The minimum Gasteiger partial charge on any atom is -0.479 e. The second kappa shape index (κ2) is 4.04. The van der Waals surface area contributed by atoms with E-state index in [0.717, 1.165) is 0 Å². The van der Waals surface area contributed by atoms with Crippen molar-refractivity contribution in [2.45, 2.75) is 24.5 Å². The lowest BCUT2D eigenvalue weighted by Crippen LogP contribution is -2.38. The standard InChI is InChI=1S/C8H14O5/c1-12-8(2-3-13-5-8)4-6(9)7(10)11/h6,9H,2-5H2,1H3,(H,10,11). The van der Waals surface area contributed by atoms with Crippen LogP contribution in [0.3, 0.4) is 0 Å². The molecular weight excluding hydrogens is 176 g/mol. The first-order chi connectivity index (χ1) is 6.09. The zero-order valence-electron chi connectivity index (χ0n) is 7.52. The van der Waals surface area contributed by atoms with Crippen LogP contribution in [0.2, 0.25) is 0 Å². The maximum Gasteiger partial charge on any atom is 0.332 e. The van der Waals surface area contributed by atoms with E-state index in [1.54, 1.807) is 0 Å². The molecular formula is C8H14O5. The fourth-order valence-electron chi connectivity index (χ4n) is 1.43. The largest absolute Gasteiger partial charge is 0.479 e. The fourth-order valence-corrected chi connectivity index (χ4v) is 1.43. The summed E-state index contributed by atoms with van der Waals surface area (Å²) in [6.45, 7) is 0.911. The van der Waals surface area contributed by atoms with E-state index in [4.69, 9.17) is 19.7 Å². The molecule has 1 heterocycles. The Balaban J connectivity index is 2.52. The van der Waals surface area contributed by atoms with Crippen LogP contribution in [0, 0.1) is 0 Å². The molecule has 1 saturated heterocycles. The molecule has 0 aromatic rings. The molecule has 0 radical (unpaired) electrons. The Morgan fingerprint density at radius 2 is 2.46 bits per heavy atom. The molecule has 0 spiro atoms. The number of methoxy groups -OCH3 is 1. The number of aliphatic hydroxyl groups excluding tert-OH is 1. The van der Waals surface area contributed by atoms with Crippen molar-refractivity contribution in [3.05, 3.63) is 0 Å². The summed E-state index contributed by atoms with van der Waals surface area (Å²) in [5.41, 5.74) is -0.613. The van der Waals surface area contributed by atoms with Gasteiger partial charge in [-0.15, -0.1) is 0 Å². The molecule has 2 unspecified atom stereocenters. The number of ether oxygens (including phenoxy) is 2. The summed E-state index contributed by atoms with van der Waals surface area (Å²) < 4.78 is 10.3. The molecule has 1 fully saturated rings. The maximum atomic E-state index is 10.4. The maximum absolute atomic E-state index is 10.4. The lowest BCUT2D eigenvalue weighted by atomic mass is 9.95. The summed E-state index contributed by atoms with van der Waals surface area (Å²) in [6.07, 6.45) is -0.659. The smallest absolute Gasteiger partial charge is 0.332 e. The Morgan fingerprint density at radius 3 is 2.85 bits per heavy atom. The molecule has 0 saturated carbocycles. The van der Waals surface area contributed by atoms with Crippen LogP contribution in [0.5, 0.6) is 0 Å². The van der Waals surface area contributed by atoms with Crippen molar-refractivity contribution in [3.63, 3.8) is 0 Å². The molecule has 1 aliphatic heterocycles. The Morgan fingerprint density at radius 1 is 1.77 bits per heavy atom. The number of aliphatic carboxylic acids is 1. The molecule has 1 rings (SSSR count). The first-order valence-electron chi connectivity index (χ1n) is 4.13. The van der Waals surface area contributed by atoms with Gasteiger partial charge in [0.1, 0.15) is 0 Å². The van der Waals surface area contributed by atoms with Gasteiger partial charge in [0.2, 0.25) is 0 Å². The van der Waals surface area contributed by atoms with Crippen molar-refractivity contribution >= 4 is 5.97 Å². The van der Waals surface area contributed by atoms with Crippen molar-refractivity contribution in [2.24, 2.45) is 0 Å². The van der Waals surface area contributed by atoms with Gasteiger partial charge in [0.05, 0.1) is 12.2 Å². The fraction of sp³-hybridized carbons (Fsp3) is 0.875. The summed E-state index contributed by atoms with van der Waals surface area (Å²) >= 11 is 0. The van der Waals surface area contributed by atoms with Crippen LogP contribution in [-0.4, -0.2) is 48.2 Å². The third-order valence-corrected chi connectivity index (χ3v) is 2.35. The van der Waals surface area contributed by atoms with Crippen molar-refractivity contribution in [2.75, 3.05) is 20.3 Å². The van der Waals surface area contributed by atoms with Gasteiger partial charge >= 0.3 is 5.97 Å². The Labute approximate surface area is 76.3 Å². The van der Waals surface area contributed by atoms with E-state index in [-0.39, 0.29) is 6.42 Å². The molecule has 0 bridgehead atoms. The van der Waals surface area contributed by atoms with E-state index in [1.165, 1.54) is 7.11 Å². The average molecular weight is 190 g/mol. The summed E-state index contributed by atoms with van der Waals surface area (Å²) in [6, 6.07) is 0. The van der Waals surface area contributed by atoms with Gasteiger partial charge < -0.3 is 19.7 Å². The van der Waals surface area contributed by atoms with Crippen LogP contribution >= 0.6 is 0 Å². The van der Waals surface area contributed by atoms with Crippen molar-refractivity contribution in [3.8, 4) is 0 Å². The Hall–Kier alpha value is -0.650. The number of hydrogen-bond donors (Lipinski definition) is 2. The normalized spacial score (nSPS) is 30.3. The highest BCUT2D eigenvalue weighted by Gasteiger charge is 2.38. The van der Waals surface area contributed by atoms with Gasteiger partial charge in [0.15, 0.2) is 6.10 Å². The quantitative estimate of drug-likeness (QED) is 0.632. The Bertz CT molecular complexity index is 185. The number of carboxylic acid groups (broad SMARTS) is 1. The second-order valence-electron chi connectivity index (χ2n) is 3.25. The number of rotatable bonds is 4. The summed E-state index contributed by atoms with van der Waals surface area (Å²) in [5, 5.41) is 17.7. The molecule has 1 aliphatic rings. The number of carboxylic acids is 1. The summed E-state index contributed by atoms with van der Waals surface area (Å²) in [7, 11) is 1.50. The van der Waals surface area contributed by atoms with Crippen molar-refractivity contribution < 1.29 is 24.5 Å². The molecule has 2 N–H and O–H groups in total. The third kappa shape index (κ3) is 2.40. The van der Waals surface area contributed by atoms with Crippen LogP contribution in [-0.2, 0) is 14.3 Å². The van der Waals surface area contributed by atoms with E-state index in [2.05, 4.69) is 0 Å². The van der Waals surface area contributed by atoms with E-state index >= 15 is 0 Å². The first-order valence-corrected chi connectivity index (χ1v) is 4.13. The lowest BCUT2D eigenvalue weighted by molar-refractivity contribution is -0.151. The molecule has 13 heavy (non-hydrogen) atoms. The average Bonchev–Trinajstić information content (AvgIpc) is 2.54. The van der Waals surface area contributed by atoms with Gasteiger partial charge in [-0.3, -0.25) is 0 Å². The van der Waals surface area contributed by atoms with Crippen molar-refractivity contribution in [1.29, 1.82) is 0 Å². The number of aliphatic hydroxyl groups is 1. The highest BCUT2D eigenvalue weighted by molar-refractivity contribution is 5.72. The minimum atomic E-state index is -1.37. The van der Waals surface area contributed by atoms with Crippen molar-refractivity contribution in [1.82, 2.24) is 0 Å². The molecule has 0 aliphatic carbocycles. The van der Waals surface area contributed by atoms with Crippen LogP contribution in [0.1, 0.15) is 12.8 Å². The summed E-state index contributed by atoms with van der Waals surface area (Å²) in [5.74, 6) is -1.22. The number of hydrogen-bond acceptors (Lipinski definition) is 4. The topological polar surface area (TPSA) is 76.0 Å². The van der Waals surface area contributed by atoms with E-state index in [0.29, 0.717) is 19.6 Å². The van der Waals surface area contributed by atoms with Gasteiger partial charge in [-0.25, -0.2) is 4.79 Å². The second-order valence-corrected chi connectivity index (χ2v) is 3.25. The van der Waals surface area contributed by atoms with Gasteiger partial charge in [-0.1, -0.05) is 0 Å². The lowest BCUT2D eigenvalue weighted by Gasteiger charge is -2.26. The summed E-state index contributed by atoms with van der Waals surface area (Å²) in [4.78, 5) is 10.4. The molecule has 0 amide bonds. The highest BCUT2D eigenvalue weighted by atomic mass is 16.5.